The Morgan fingerprint density at radius 1 is 1.04 bits per heavy atom. The average molecular weight is 309 g/mol. The Morgan fingerprint density at radius 2 is 1.65 bits per heavy atom. The lowest BCUT2D eigenvalue weighted by molar-refractivity contribution is -0.124. The number of carbonyl (C=O) groups is 3. The third kappa shape index (κ3) is 1.54. The number of carboxylic acids is 1. The molecule has 1 heterocycles. The van der Waals surface area contributed by atoms with Gasteiger partial charge in [-0.1, -0.05) is 18.2 Å². The molecule has 1 aromatic rings. The quantitative estimate of drug-likeness (QED) is 0.669. The van der Waals surface area contributed by atoms with E-state index in [1.54, 1.807) is 12.1 Å². The van der Waals surface area contributed by atoms with E-state index in [0.717, 1.165) is 6.42 Å². The summed E-state index contributed by atoms with van der Waals surface area (Å²) in [5.74, 6) is -0.407. The van der Waals surface area contributed by atoms with Gasteiger partial charge in [-0.2, -0.15) is 0 Å². The molecule has 5 heteroatoms. The number of benzene rings is 1. The van der Waals surface area contributed by atoms with Crippen molar-refractivity contribution in [3.63, 3.8) is 0 Å². The van der Waals surface area contributed by atoms with Gasteiger partial charge >= 0.3 is 5.97 Å². The van der Waals surface area contributed by atoms with E-state index >= 15 is 0 Å². The predicted octanol–water partition coefficient (Wildman–Crippen LogP) is 1.94. The fraction of sp³-hybridized carbons (Fsp3) is 0.389. The SMILES string of the molecule is O=C(O)c1cccc(N2C(=O)[C@@H]3[C@@H]4C=C[C@@H]([C@@H]5C[C@H]45)[C@@H]3C2=O)c1. The van der Waals surface area contributed by atoms with Crippen molar-refractivity contribution >= 4 is 23.5 Å². The molecule has 2 saturated carbocycles. The van der Waals surface area contributed by atoms with Crippen LogP contribution in [0.2, 0.25) is 0 Å². The molecule has 5 nitrogen and oxygen atoms in total. The molecule has 0 aromatic heterocycles. The molecule has 1 N–H and O–H groups in total. The van der Waals surface area contributed by atoms with Gasteiger partial charge in [-0.3, -0.25) is 9.59 Å². The van der Waals surface area contributed by atoms with Gasteiger partial charge in [-0.15, -0.1) is 0 Å². The van der Waals surface area contributed by atoms with Crippen LogP contribution in [0.4, 0.5) is 5.69 Å². The minimum absolute atomic E-state index is 0.0851. The minimum atomic E-state index is -1.06. The third-order valence-corrected chi connectivity index (χ3v) is 6.01. The zero-order valence-electron chi connectivity index (χ0n) is 12.3. The van der Waals surface area contributed by atoms with E-state index in [1.165, 1.54) is 17.0 Å². The van der Waals surface area contributed by atoms with Crippen LogP contribution in [0.1, 0.15) is 16.8 Å². The number of hydrogen-bond acceptors (Lipinski definition) is 3. The predicted molar refractivity (Wildman–Crippen MR) is 80.6 cm³/mol. The number of rotatable bonds is 2. The summed E-state index contributed by atoms with van der Waals surface area (Å²) in [4.78, 5) is 38.2. The highest BCUT2D eigenvalue weighted by atomic mass is 16.4. The molecule has 1 saturated heterocycles. The maximum atomic E-state index is 12.9. The maximum Gasteiger partial charge on any atom is 0.335 e. The van der Waals surface area contributed by atoms with Crippen LogP contribution in [0.3, 0.4) is 0 Å². The Balaban J connectivity index is 1.57. The van der Waals surface area contributed by atoms with Crippen molar-refractivity contribution in [2.75, 3.05) is 4.90 Å². The molecule has 1 aliphatic heterocycles. The fourth-order valence-corrected chi connectivity index (χ4v) is 4.99. The molecule has 2 amide bonds. The lowest BCUT2D eigenvalue weighted by Crippen LogP contribution is -2.40. The minimum Gasteiger partial charge on any atom is -0.478 e. The van der Waals surface area contributed by atoms with Gasteiger partial charge in [0.15, 0.2) is 0 Å². The molecule has 6 atom stereocenters. The summed E-state index contributed by atoms with van der Waals surface area (Å²) in [6.45, 7) is 0. The normalized spacial score (nSPS) is 39.4. The van der Waals surface area contributed by atoms with Crippen LogP contribution in [-0.2, 0) is 9.59 Å². The van der Waals surface area contributed by atoms with Gasteiger partial charge in [0.1, 0.15) is 0 Å². The molecule has 6 rings (SSSR count). The fourth-order valence-electron chi connectivity index (χ4n) is 4.99. The van der Waals surface area contributed by atoms with Gasteiger partial charge in [0.25, 0.3) is 0 Å². The van der Waals surface area contributed by atoms with E-state index in [-0.39, 0.29) is 41.0 Å². The topological polar surface area (TPSA) is 74.7 Å². The molecule has 0 radical (unpaired) electrons. The number of imide groups is 1. The molecule has 4 aliphatic carbocycles. The molecule has 0 spiro atoms. The summed E-state index contributed by atoms with van der Waals surface area (Å²) >= 11 is 0. The summed E-state index contributed by atoms with van der Waals surface area (Å²) in [5.41, 5.74) is 0.462. The van der Waals surface area contributed by atoms with E-state index in [4.69, 9.17) is 5.11 Å². The van der Waals surface area contributed by atoms with Gasteiger partial charge in [-0.05, 0) is 48.3 Å². The number of aromatic carboxylic acids is 1. The molecule has 23 heavy (non-hydrogen) atoms. The summed E-state index contributed by atoms with van der Waals surface area (Å²) in [6.07, 6.45) is 5.38. The van der Waals surface area contributed by atoms with Crippen molar-refractivity contribution < 1.29 is 19.5 Å². The van der Waals surface area contributed by atoms with Crippen LogP contribution in [0.15, 0.2) is 36.4 Å². The van der Waals surface area contributed by atoms with E-state index in [1.807, 2.05) is 0 Å². The van der Waals surface area contributed by atoms with Crippen LogP contribution in [0, 0.1) is 35.5 Å². The van der Waals surface area contributed by atoms with Crippen molar-refractivity contribution in [2.24, 2.45) is 35.5 Å². The van der Waals surface area contributed by atoms with Gasteiger partial charge in [0.05, 0.1) is 23.1 Å². The molecule has 2 bridgehead atoms. The largest absolute Gasteiger partial charge is 0.478 e. The summed E-state index contributed by atoms with van der Waals surface area (Å²) in [5, 5.41) is 9.13. The first kappa shape index (κ1) is 13.0. The second kappa shape index (κ2) is 4.10. The first-order valence-electron chi connectivity index (χ1n) is 7.97. The molecule has 0 unspecified atom stereocenters. The highest BCUT2D eigenvalue weighted by Crippen LogP contribution is 2.65. The first-order chi connectivity index (χ1) is 11.1. The molecule has 3 fully saturated rings. The van der Waals surface area contributed by atoms with Crippen molar-refractivity contribution in [1.29, 1.82) is 0 Å². The molecule has 116 valence electrons. The van der Waals surface area contributed by atoms with Crippen molar-refractivity contribution in [2.45, 2.75) is 6.42 Å². The van der Waals surface area contributed by atoms with E-state index in [9.17, 15) is 14.4 Å². The van der Waals surface area contributed by atoms with Gasteiger partial charge in [0.2, 0.25) is 11.8 Å². The van der Waals surface area contributed by atoms with Crippen molar-refractivity contribution in [3.8, 4) is 0 Å². The first-order valence-corrected chi connectivity index (χ1v) is 7.97. The molecular formula is C18H15NO4. The van der Waals surface area contributed by atoms with Crippen LogP contribution in [0.25, 0.3) is 0 Å². The highest BCUT2D eigenvalue weighted by molar-refractivity contribution is 6.22. The second-order valence-corrected chi connectivity index (χ2v) is 7.02. The standard InChI is InChI=1S/C18H15NO4/c20-16-14-10-4-5-11(13-7-12(10)13)15(14)17(21)19(16)9-3-1-2-8(6-9)18(22)23/h1-6,10-15H,7H2,(H,22,23)/t10-,11+,12-,13+,14-,15+. The summed E-state index contributed by atoms with van der Waals surface area (Å²) < 4.78 is 0. The number of nitrogens with zero attached hydrogens (tertiary/aromatic N) is 1. The van der Waals surface area contributed by atoms with Crippen molar-refractivity contribution in [3.05, 3.63) is 42.0 Å². The smallest absolute Gasteiger partial charge is 0.335 e. The third-order valence-electron chi connectivity index (χ3n) is 6.01. The zero-order chi connectivity index (χ0) is 15.9. The van der Waals surface area contributed by atoms with Gasteiger partial charge < -0.3 is 5.11 Å². The van der Waals surface area contributed by atoms with Gasteiger partial charge in [-0.25, -0.2) is 9.69 Å². The number of anilines is 1. The number of carbonyl (C=O) groups excluding carboxylic acids is 2. The summed E-state index contributed by atoms with van der Waals surface area (Å²) in [6, 6.07) is 6.08. The van der Waals surface area contributed by atoms with Crippen LogP contribution >= 0.6 is 0 Å². The Hall–Kier alpha value is -2.43. The van der Waals surface area contributed by atoms with E-state index < -0.39 is 5.97 Å². The summed E-state index contributed by atoms with van der Waals surface area (Å²) in [7, 11) is 0. The van der Waals surface area contributed by atoms with Crippen LogP contribution in [-0.4, -0.2) is 22.9 Å². The van der Waals surface area contributed by atoms with Crippen LogP contribution < -0.4 is 4.90 Å². The Morgan fingerprint density at radius 3 is 2.22 bits per heavy atom. The maximum absolute atomic E-state index is 12.9. The number of hydrogen-bond donors (Lipinski definition) is 1. The van der Waals surface area contributed by atoms with Crippen LogP contribution in [0.5, 0.6) is 0 Å². The molecule has 5 aliphatic rings. The van der Waals surface area contributed by atoms with E-state index in [0.29, 0.717) is 17.5 Å². The van der Waals surface area contributed by atoms with E-state index in [2.05, 4.69) is 12.2 Å². The number of amides is 2. The Labute approximate surface area is 132 Å². The number of carboxylic acid groups (broad SMARTS) is 1. The van der Waals surface area contributed by atoms with Gasteiger partial charge in [0, 0.05) is 0 Å². The highest BCUT2D eigenvalue weighted by Gasteiger charge is 2.67. The Kier molecular flexibility index (Phi) is 2.33. The lowest BCUT2D eigenvalue weighted by Gasteiger charge is -2.37. The Bertz CT molecular complexity index is 762. The lowest BCUT2D eigenvalue weighted by atomic mass is 9.63. The number of allylic oxidation sites excluding steroid dienone is 2. The van der Waals surface area contributed by atoms with Crippen molar-refractivity contribution in [1.82, 2.24) is 0 Å². The monoisotopic (exact) mass is 309 g/mol. The second-order valence-electron chi connectivity index (χ2n) is 7.02. The molecule has 1 aromatic carbocycles. The molecular weight excluding hydrogens is 294 g/mol. The average Bonchev–Trinajstić information content (AvgIpc) is 3.32. The zero-order valence-corrected chi connectivity index (χ0v) is 12.3.